The molecule has 0 bridgehead atoms. The summed E-state index contributed by atoms with van der Waals surface area (Å²) in [7, 11) is -3.79. The number of rotatable bonds is 7. The zero-order chi connectivity index (χ0) is 19.6. The maximum absolute atomic E-state index is 13.1. The molecule has 0 radical (unpaired) electrons. The summed E-state index contributed by atoms with van der Waals surface area (Å²) in [5.74, 6) is 0.465. The fourth-order valence-electron chi connectivity index (χ4n) is 2.70. The van der Waals surface area contributed by atoms with Crippen molar-refractivity contribution in [2.24, 2.45) is 0 Å². The predicted molar refractivity (Wildman–Crippen MR) is 108 cm³/mol. The molecule has 144 valence electrons. The number of amides is 1. The smallest absolute Gasteiger partial charge is 0.230 e. The third kappa shape index (κ3) is 4.13. The Morgan fingerprint density at radius 1 is 1.07 bits per heavy atom. The van der Waals surface area contributed by atoms with Gasteiger partial charge < -0.3 is 10.3 Å². The number of aromatic nitrogens is 2. The summed E-state index contributed by atoms with van der Waals surface area (Å²) in [6, 6.07) is 17.8. The van der Waals surface area contributed by atoms with E-state index in [1.165, 1.54) is 0 Å². The average molecular weight is 414 g/mol. The first-order valence-electron chi connectivity index (χ1n) is 8.92. The van der Waals surface area contributed by atoms with Crippen LogP contribution in [0.5, 0.6) is 0 Å². The molecule has 0 atom stereocenters. The molecule has 0 saturated heterocycles. The fraction of sp³-hybridized carbons (Fsp3) is 0.200. The lowest BCUT2D eigenvalue weighted by Gasteiger charge is -2.05. The van der Waals surface area contributed by atoms with E-state index < -0.39 is 9.84 Å². The maximum Gasteiger partial charge on any atom is 0.230 e. The Morgan fingerprint density at radius 3 is 2.36 bits per heavy atom. The van der Waals surface area contributed by atoms with Gasteiger partial charge in [-0.05, 0) is 25.0 Å². The van der Waals surface area contributed by atoms with Gasteiger partial charge in [0.2, 0.25) is 15.7 Å². The minimum Gasteiger partial charge on any atom is -0.353 e. The number of nitrogens with one attached hydrogen (secondary N) is 2. The van der Waals surface area contributed by atoms with Gasteiger partial charge in [0.1, 0.15) is 10.9 Å². The van der Waals surface area contributed by atoms with Crippen LogP contribution in [0.15, 0.2) is 75.6 Å². The second kappa shape index (κ2) is 7.81. The van der Waals surface area contributed by atoms with Crippen LogP contribution in [0.1, 0.15) is 12.8 Å². The van der Waals surface area contributed by atoms with E-state index in [9.17, 15) is 13.2 Å². The minimum atomic E-state index is -3.79. The first-order valence-corrected chi connectivity index (χ1v) is 11.4. The highest BCUT2D eigenvalue weighted by Crippen LogP contribution is 2.32. The molecule has 1 amide bonds. The molecule has 0 aliphatic heterocycles. The number of benzene rings is 2. The maximum atomic E-state index is 13.1. The number of carbonyl (C=O) groups is 1. The van der Waals surface area contributed by atoms with Crippen LogP contribution < -0.4 is 5.32 Å². The molecular weight excluding hydrogens is 394 g/mol. The molecule has 1 saturated carbocycles. The highest BCUT2D eigenvalue weighted by atomic mass is 32.2. The molecule has 1 aromatic heterocycles. The molecule has 0 unspecified atom stereocenters. The molecule has 1 aliphatic rings. The molecule has 3 aromatic rings. The number of aromatic amines is 1. The van der Waals surface area contributed by atoms with E-state index in [0.29, 0.717) is 10.9 Å². The molecule has 8 heteroatoms. The second-order valence-corrected chi connectivity index (χ2v) is 9.38. The Bertz CT molecular complexity index is 1080. The van der Waals surface area contributed by atoms with E-state index in [1.807, 2.05) is 30.3 Å². The number of hydrogen-bond acceptors (Lipinski definition) is 5. The minimum absolute atomic E-state index is 0.0155. The molecule has 0 spiro atoms. The van der Waals surface area contributed by atoms with Gasteiger partial charge in [-0.15, -0.1) is 0 Å². The topological polar surface area (TPSA) is 91.9 Å². The Balaban J connectivity index is 1.68. The van der Waals surface area contributed by atoms with Crippen molar-refractivity contribution in [3.05, 3.63) is 60.7 Å². The summed E-state index contributed by atoms with van der Waals surface area (Å²) in [5, 5.41) is 3.22. The highest BCUT2D eigenvalue weighted by molar-refractivity contribution is 8.00. The van der Waals surface area contributed by atoms with E-state index in [0.717, 1.165) is 30.2 Å². The Kier molecular flexibility index (Phi) is 5.23. The predicted octanol–water partition coefficient (Wildman–Crippen LogP) is 3.28. The van der Waals surface area contributed by atoms with Crippen molar-refractivity contribution < 1.29 is 13.2 Å². The summed E-state index contributed by atoms with van der Waals surface area (Å²) >= 11 is 1.13. The van der Waals surface area contributed by atoms with Crippen molar-refractivity contribution in [2.75, 3.05) is 5.75 Å². The number of thioether (sulfide) groups is 1. The lowest BCUT2D eigenvalue weighted by Crippen LogP contribution is -2.27. The molecule has 2 N–H and O–H groups in total. The van der Waals surface area contributed by atoms with Gasteiger partial charge >= 0.3 is 0 Å². The van der Waals surface area contributed by atoms with Crippen LogP contribution in [-0.4, -0.2) is 36.1 Å². The summed E-state index contributed by atoms with van der Waals surface area (Å²) in [4.78, 5) is 19.7. The van der Waals surface area contributed by atoms with Gasteiger partial charge in [-0.3, -0.25) is 4.79 Å². The molecule has 4 rings (SSSR count). The monoisotopic (exact) mass is 413 g/mol. The van der Waals surface area contributed by atoms with Crippen LogP contribution in [-0.2, 0) is 14.6 Å². The Hall–Kier alpha value is -2.58. The zero-order valence-electron chi connectivity index (χ0n) is 15.0. The van der Waals surface area contributed by atoms with Gasteiger partial charge in [0.15, 0.2) is 5.03 Å². The van der Waals surface area contributed by atoms with E-state index in [-0.39, 0.29) is 27.6 Å². The molecule has 1 fully saturated rings. The number of hydrogen-bond donors (Lipinski definition) is 2. The van der Waals surface area contributed by atoms with Crippen molar-refractivity contribution in [1.82, 2.24) is 15.3 Å². The van der Waals surface area contributed by atoms with Crippen molar-refractivity contribution in [2.45, 2.75) is 33.8 Å². The van der Waals surface area contributed by atoms with Crippen molar-refractivity contribution in [1.29, 1.82) is 0 Å². The molecule has 6 nitrogen and oxygen atoms in total. The first kappa shape index (κ1) is 18.8. The fourth-order valence-corrected chi connectivity index (χ4v) is 5.16. The van der Waals surface area contributed by atoms with Gasteiger partial charge in [-0.1, -0.05) is 60.3 Å². The third-order valence-electron chi connectivity index (χ3n) is 4.29. The number of carbonyl (C=O) groups excluding carboxylic acids is 1. The third-order valence-corrected chi connectivity index (χ3v) is 7.12. The Morgan fingerprint density at radius 2 is 1.71 bits per heavy atom. The molecule has 2 aromatic carbocycles. The quantitative estimate of drug-likeness (QED) is 0.580. The number of sulfone groups is 1. The van der Waals surface area contributed by atoms with Gasteiger partial charge in [-0.2, -0.15) is 0 Å². The van der Waals surface area contributed by atoms with Gasteiger partial charge in [-0.25, -0.2) is 13.4 Å². The van der Waals surface area contributed by atoms with E-state index in [4.69, 9.17) is 0 Å². The standard InChI is InChI=1S/C20H19N3O3S2/c24-17(21-15-11-12-15)13-27-19-20(28(25,26)16-9-5-2-6-10-16)23-18(22-19)14-7-3-1-4-8-14/h1-10,15H,11-13H2,(H,21,24)(H,22,23). The highest BCUT2D eigenvalue weighted by Gasteiger charge is 2.28. The molecule has 1 heterocycles. The van der Waals surface area contributed by atoms with Gasteiger partial charge in [0, 0.05) is 11.6 Å². The van der Waals surface area contributed by atoms with Crippen LogP contribution in [0.25, 0.3) is 11.4 Å². The van der Waals surface area contributed by atoms with Gasteiger partial charge in [0.05, 0.1) is 10.6 Å². The summed E-state index contributed by atoms with van der Waals surface area (Å²) in [6.07, 6.45) is 2.01. The molecule has 1 aliphatic carbocycles. The SMILES string of the molecule is O=C(CSc1nc(-c2ccccc2)[nH]c1S(=O)(=O)c1ccccc1)NC1CC1. The van der Waals surface area contributed by atoms with E-state index in [1.54, 1.807) is 30.3 Å². The van der Waals surface area contributed by atoms with E-state index in [2.05, 4.69) is 15.3 Å². The van der Waals surface area contributed by atoms with Gasteiger partial charge in [0.25, 0.3) is 0 Å². The normalized spacial score (nSPS) is 14.0. The van der Waals surface area contributed by atoms with Crippen LogP contribution in [0, 0.1) is 0 Å². The number of imidazole rings is 1. The van der Waals surface area contributed by atoms with E-state index >= 15 is 0 Å². The molecular formula is C20H19N3O3S2. The van der Waals surface area contributed by atoms with Crippen LogP contribution >= 0.6 is 11.8 Å². The summed E-state index contributed by atoms with van der Waals surface area (Å²) in [6.45, 7) is 0. The van der Waals surface area contributed by atoms with Crippen LogP contribution in [0.3, 0.4) is 0 Å². The first-order chi connectivity index (χ1) is 13.5. The van der Waals surface area contributed by atoms with Crippen LogP contribution in [0.4, 0.5) is 0 Å². The molecule has 28 heavy (non-hydrogen) atoms. The summed E-state index contributed by atoms with van der Waals surface area (Å²) < 4.78 is 26.3. The van der Waals surface area contributed by atoms with Crippen molar-refractivity contribution in [3.8, 4) is 11.4 Å². The number of H-pyrrole nitrogens is 1. The van der Waals surface area contributed by atoms with Crippen molar-refractivity contribution >= 4 is 27.5 Å². The summed E-state index contributed by atoms with van der Waals surface area (Å²) in [5.41, 5.74) is 0.779. The zero-order valence-corrected chi connectivity index (χ0v) is 16.6. The lowest BCUT2D eigenvalue weighted by molar-refractivity contribution is -0.118. The Labute approximate surface area is 167 Å². The van der Waals surface area contributed by atoms with Crippen LogP contribution in [0.2, 0.25) is 0 Å². The number of nitrogens with zero attached hydrogens (tertiary/aromatic N) is 1. The largest absolute Gasteiger partial charge is 0.353 e. The van der Waals surface area contributed by atoms with Crippen molar-refractivity contribution in [3.63, 3.8) is 0 Å². The second-order valence-electron chi connectivity index (χ2n) is 6.53. The lowest BCUT2D eigenvalue weighted by atomic mass is 10.2. The average Bonchev–Trinajstić information content (AvgIpc) is 3.42.